The Kier molecular flexibility index (Phi) is 9.79. The molecule has 7 nitrogen and oxygen atoms in total. The molecule has 0 saturated carbocycles. The first-order chi connectivity index (χ1) is 16.2. The van der Waals surface area contributed by atoms with Crippen molar-refractivity contribution in [3.8, 4) is 0 Å². The molecule has 0 bridgehead atoms. The molecule has 0 fully saturated rings. The molecule has 0 radical (unpaired) electrons. The summed E-state index contributed by atoms with van der Waals surface area (Å²) in [6, 6.07) is 4.52. The number of hydrogen-bond donors (Lipinski definition) is 3. The number of nitrogens with one attached hydrogen (secondary N) is 2. The second-order valence-corrected chi connectivity index (χ2v) is 10.3. The summed E-state index contributed by atoms with van der Waals surface area (Å²) in [4.78, 5) is 28.8. The lowest BCUT2D eigenvalue weighted by molar-refractivity contribution is -0.139. The van der Waals surface area contributed by atoms with Crippen molar-refractivity contribution in [2.24, 2.45) is 5.73 Å². The fourth-order valence-electron chi connectivity index (χ4n) is 3.35. The van der Waals surface area contributed by atoms with Gasteiger partial charge in [0.15, 0.2) is 0 Å². The molecule has 0 saturated heterocycles. The van der Waals surface area contributed by atoms with Gasteiger partial charge in [-0.2, -0.15) is 13.2 Å². The Morgan fingerprint density at radius 3 is 2.49 bits per heavy atom. The van der Waals surface area contributed by atoms with Crippen molar-refractivity contribution in [2.75, 3.05) is 36.5 Å². The molecule has 0 aliphatic heterocycles. The summed E-state index contributed by atoms with van der Waals surface area (Å²) in [5.74, 6) is -0.0578. The SMILES string of the molecule is CCOC(=O)CSC[C@H](N)CNC(=O)c1cc(C)c2cc(NCC(F)(F)F)cc(C(C)(C)C)c2n1. The number of alkyl halides is 3. The summed E-state index contributed by atoms with van der Waals surface area (Å²) in [6.07, 6.45) is -4.34. The number of pyridine rings is 1. The van der Waals surface area contributed by atoms with Crippen molar-refractivity contribution < 1.29 is 27.5 Å². The molecule has 2 rings (SSSR count). The molecule has 35 heavy (non-hydrogen) atoms. The number of fused-ring (bicyclic) bond motifs is 1. The van der Waals surface area contributed by atoms with Crippen molar-refractivity contribution >= 4 is 40.2 Å². The molecule has 0 unspecified atom stereocenters. The van der Waals surface area contributed by atoms with Gasteiger partial charge in [0.05, 0.1) is 17.9 Å². The van der Waals surface area contributed by atoms with E-state index in [0.717, 1.165) is 11.1 Å². The van der Waals surface area contributed by atoms with Gasteiger partial charge in [-0.15, -0.1) is 11.8 Å². The molecule has 0 aliphatic carbocycles. The number of amides is 1. The minimum Gasteiger partial charge on any atom is -0.465 e. The molecule has 1 amide bonds. The van der Waals surface area contributed by atoms with Crippen LogP contribution >= 0.6 is 11.8 Å². The standard InChI is InChI=1S/C24H33F3N4O3S/c1-6-34-20(32)12-35-11-15(28)10-29-22(33)19-7-14(2)17-8-16(30-13-24(25,26)27)9-18(21(17)31-19)23(3,4)5/h7-9,15,30H,6,10-13,28H2,1-5H3,(H,29,33)/t15-/m1/s1. The molecule has 194 valence electrons. The Morgan fingerprint density at radius 1 is 1.20 bits per heavy atom. The number of thioether (sulfide) groups is 1. The maximum atomic E-state index is 12.8. The Balaban J connectivity index is 2.20. The molecule has 1 aromatic carbocycles. The van der Waals surface area contributed by atoms with Crippen LogP contribution < -0.4 is 16.4 Å². The van der Waals surface area contributed by atoms with Gasteiger partial charge < -0.3 is 21.1 Å². The number of hydrogen-bond acceptors (Lipinski definition) is 7. The first-order valence-electron chi connectivity index (χ1n) is 11.2. The van der Waals surface area contributed by atoms with E-state index < -0.39 is 24.0 Å². The van der Waals surface area contributed by atoms with Crippen LogP contribution in [-0.2, 0) is 14.9 Å². The predicted molar refractivity (Wildman–Crippen MR) is 134 cm³/mol. The van der Waals surface area contributed by atoms with Crippen molar-refractivity contribution in [1.82, 2.24) is 10.3 Å². The van der Waals surface area contributed by atoms with Crippen molar-refractivity contribution in [2.45, 2.75) is 52.3 Å². The first kappa shape index (κ1) is 28.7. The fourth-order valence-corrected chi connectivity index (χ4v) is 4.14. The van der Waals surface area contributed by atoms with Gasteiger partial charge in [-0.25, -0.2) is 4.98 Å². The minimum absolute atomic E-state index is 0.191. The number of halogens is 3. The second-order valence-electron chi connectivity index (χ2n) is 9.25. The maximum Gasteiger partial charge on any atom is 0.405 e. The number of aromatic nitrogens is 1. The lowest BCUT2D eigenvalue weighted by Gasteiger charge is -2.23. The van der Waals surface area contributed by atoms with E-state index in [9.17, 15) is 22.8 Å². The number of carbonyl (C=O) groups is 2. The van der Waals surface area contributed by atoms with Gasteiger partial charge >= 0.3 is 12.1 Å². The summed E-state index contributed by atoms with van der Waals surface area (Å²) in [5, 5.41) is 5.88. The Bertz CT molecular complexity index is 1050. The number of nitrogens with zero attached hydrogens (tertiary/aromatic N) is 1. The van der Waals surface area contributed by atoms with E-state index >= 15 is 0 Å². The quantitative estimate of drug-likeness (QED) is 0.409. The number of anilines is 1. The van der Waals surface area contributed by atoms with Crippen LogP contribution in [0, 0.1) is 6.92 Å². The maximum absolute atomic E-state index is 12.8. The highest BCUT2D eigenvalue weighted by Crippen LogP contribution is 2.34. The van der Waals surface area contributed by atoms with Crippen LogP contribution in [0.3, 0.4) is 0 Å². The van der Waals surface area contributed by atoms with Crippen molar-refractivity contribution in [1.29, 1.82) is 0 Å². The van der Waals surface area contributed by atoms with Crippen LogP contribution in [0.25, 0.3) is 10.9 Å². The molecule has 11 heteroatoms. The van der Waals surface area contributed by atoms with Crippen LogP contribution in [0.4, 0.5) is 18.9 Å². The molecule has 0 spiro atoms. The van der Waals surface area contributed by atoms with E-state index in [1.54, 1.807) is 32.0 Å². The third-order valence-corrected chi connectivity index (χ3v) is 6.14. The summed E-state index contributed by atoms with van der Waals surface area (Å²) in [5.41, 5.74) is 8.16. The Hall–Kier alpha value is -2.53. The smallest absolute Gasteiger partial charge is 0.405 e. The summed E-state index contributed by atoms with van der Waals surface area (Å²) < 4.78 is 43.0. The first-order valence-corrected chi connectivity index (χ1v) is 12.4. The highest BCUT2D eigenvalue weighted by atomic mass is 32.2. The normalized spacial score (nSPS) is 12.9. The van der Waals surface area contributed by atoms with Gasteiger partial charge in [0.25, 0.3) is 5.91 Å². The van der Waals surface area contributed by atoms with E-state index in [1.807, 2.05) is 20.8 Å². The summed E-state index contributed by atoms with van der Waals surface area (Å²) in [6.45, 7) is 8.71. The monoisotopic (exact) mass is 514 g/mol. The molecule has 0 aliphatic rings. The van der Waals surface area contributed by atoms with Crippen LogP contribution in [0.2, 0.25) is 0 Å². The van der Waals surface area contributed by atoms with E-state index in [1.165, 1.54) is 11.8 Å². The van der Waals surface area contributed by atoms with E-state index in [2.05, 4.69) is 15.6 Å². The molecule has 1 aromatic heterocycles. The third kappa shape index (κ3) is 8.88. The van der Waals surface area contributed by atoms with Gasteiger partial charge in [0.2, 0.25) is 0 Å². The molecule has 4 N–H and O–H groups in total. The summed E-state index contributed by atoms with van der Waals surface area (Å²) >= 11 is 1.33. The summed E-state index contributed by atoms with van der Waals surface area (Å²) in [7, 11) is 0. The number of rotatable bonds is 10. The lowest BCUT2D eigenvalue weighted by atomic mass is 9.84. The number of ether oxygens (including phenoxy) is 1. The third-order valence-electron chi connectivity index (χ3n) is 5.04. The Morgan fingerprint density at radius 2 is 1.89 bits per heavy atom. The molecule has 1 atom stereocenters. The molecule has 2 aromatic rings. The van der Waals surface area contributed by atoms with Crippen LogP contribution in [0.1, 0.15) is 49.3 Å². The van der Waals surface area contributed by atoms with Crippen LogP contribution in [0.15, 0.2) is 18.2 Å². The van der Waals surface area contributed by atoms with Gasteiger partial charge in [0, 0.05) is 29.4 Å². The average Bonchev–Trinajstić information content (AvgIpc) is 2.74. The number of benzene rings is 1. The molecule has 1 heterocycles. The van der Waals surface area contributed by atoms with Gasteiger partial charge in [-0.3, -0.25) is 9.59 Å². The molecular weight excluding hydrogens is 481 g/mol. The highest BCUT2D eigenvalue weighted by molar-refractivity contribution is 7.99. The lowest BCUT2D eigenvalue weighted by Crippen LogP contribution is -2.39. The van der Waals surface area contributed by atoms with Gasteiger partial charge in [0.1, 0.15) is 12.2 Å². The Labute approximate surface area is 207 Å². The van der Waals surface area contributed by atoms with E-state index in [0.29, 0.717) is 29.0 Å². The van der Waals surface area contributed by atoms with Crippen molar-refractivity contribution in [3.05, 3.63) is 35.0 Å². The van der Waals surface area contributed by atoms with E-state index in [-0.39, 0.29) is 30.0 Å². The zero-order chi connectivity index (χ0) is 26.4. The van der Waals surface area contributed by atoms with Gasteiger partial charge in [-0.05, 0) is 48.6 Å². The number of carbonyl (C=O) groups excluding carboxylic acids is 2. The molecular formula is C24H33F3N4O3S. The highest BCUT2D eigenvalue weighted by Gasteiger charge is 2.27. The number of esters is 1. The largest absolute Gasteiger partial charge is 0.465 e. The van der Waals surface area contributed by atoms with Crippen LogP contribution in [0.5, 0.6) is 0 Å². The van der Waals surface area contributed by atoms with Crippen molar-refractivity contribution in [3.63, 3.8) is 0 Å². The van der Waals surface area contributed by atoms with Crippen LogP contribution in [-0.4, -0.2) is 60.3 Å². The fraction of sp³-hybridized carbons (Fsp3) is 0.542. The average molecular weight is 515 g/mol. The number of nitrogens with two attached hydrogens (primary N) is 1. The zero-order valence-corrected chi connectivity index (χ0v) is 21.5. The predicted octanol–water partition coefficient (Wildman–Crippen LogP) is 4.17. The second kappa shape index (κ2) is 11.9. The topological polar surface area (TPSA) is 106 Å². The zero-order valence-electron chi connectivity index (χ0n) is 20.6. The van der Waals surface area contributed by atoms with E-state index in [4.69, 9.17) is 10.5 Å². The minimum atomic E-state index is -4.34. The van der Waals surface area contributed by atoms with Gasteiger partial charge in [-0.1, -0.05) is 20.8 Å². The number of aryl methyl sites for hydroxylation is 1.